The van der Waals surface area contributed by atoms with E-state index in [9.17, 15) is 8.42 Å². The van der Waals surface area contributed by atoms with Crippen molar-refractivity contribution in [2.75, 3.05) is 13.1 Å². The second kappa shape index (κ2) is 9.16. The average Bonchev–Trinajstić information content (AvgIpc) is 3.44. The van der Waals surface area contributed by atoms with Crippen molar-refractivity contribution in [1.82, 2.24) is 14.5 Å². The number of rotatable bonds is 8. The van der Waals surface area contributed by atoms with E-state index in [1.54, 1.807) is 10.4 Å². The number of nitrogens with zero attached hydrogens (tertiary/aromatic N) is 2. The molecule has 0 spiro atoms. The molecular formula is C26H29N3O2S. The minimum Gasteiger partial charge on any atom is -0.311 e. The third-order valence-corrected chi connectivity index (χ3v) is 8.28. The van der Waals surface area contributed by atoms with Gasteiger partial charge in [-0.3, -0.25) is 4.90 Å². The fraction of sp³-hybridized carbons (Fsp3) is 0.308. The number of benzene rings is 3. The van der Waals surface area contributed by atoms with Gasteiger partial charge in [-0.2, -0.15) is 4.31 Å². The van der Waals surface area contributed by atoms with Gasteiger partial charge in [0.1, 0.15) is 0 Å². The summed E-state index contributed by atoms with van der Waals surface area (Å²) >= 11 is 0. The molecule has 6 heteroatoms. The van der Waals surface area contributed by atoms with Gasteiger partial charge in [-0.1, -0.05) is 72.8 Å². The summed E-state index contributed by atoms with van der Waals surface area (Å²) in [4.78, 5) is 2.84. The van der Waals surface area contributed by atoms with E-state index in [0.29, 0.717) is 30.1 Å². The van der Waals surface area contributed by atoms with Crippen molar-refractivity contribution in [3.8, 4) is 0 Å². The summed E-state index contributed by atoms with van der Waals surface area (Å²) in [5.41, 5.74) is 3.01. The summed E-state index contributed by atoms with van der Waals surface area (Å²) in [6.45, 7) is 3.54. The Labute approximate surface area is 190 Å². The highest BCUT2D eigenvalue weighted by molar-refractivity contribution is 7.89. The van der Waals surface area contributed by atoms with Crippen LogP contribution in [0.2, 0.25) is 0 Å². The number of hydrogen-bond donors (Lipinski definition) is 1. The number of piperazine rings is 1. The Balaban J connectivity index is 1.41. The molecule has 3 aromatic carbocycles. The highest BCUT2D eigenvalue weighted by atomic mass is 32.2. The first-order valence-electron chi connectivity index (χ1n) is 11.2. The van der Waals surface area contributed by atoms with E-state index in [0.717, 1.165) is 36.3 Å². The lowest BCUT2D eigenvalue weighted by atomic mass is 10.2. The van der Waals surface area contributed by atoms with Crippen LogP contribution in [0.15, 0.2) is 89.8 Å². The van der Waals surface area contributed by atoms with Crippen LogP contribution in [0.3, 0.4) is 0 Å². The Morgan fingerprint density at radius 2 is 1.47 bits per heavy atom. The Hall–Kier alpha value is -2.51. The Morgan fingerprint density at radius 1 is 0.844 bits per heavy atom. The predicted molar refractivity (Wildman–Crippen MR) is 126 cm³/mol. The molecule has 2 bridgehead atoms. The van der Waals surface area contributed by atoms with Crippen molar-refractivity contribution in [2.24, 2.45) is 0 Å². The molecule has 32 heavy (non-hydrogen) atoms. The number of hydrogen-bond acceptors (Lipinski definition) is 4. The molecule has 0 amide bonds. The molecule has 3 aromatic rings. The van der Waals surface area contributed by atoms with Gasteiger partial charge in [0.15, 0.2) is 0 Å². The minimum absolute atomic E-state index is 0.337. The minimum atomic E-state index is -3.66. The van der Waals surface area contributed by atoms with Crippen LogP contribution in [0.4, 0.5) is 0 Å². The van der Waals surface area contributed by atoms with Crippen LogP contribution in [0.5, 0.6) is 0 Å². The normalized spacial score (nSPS) is 20.8. The van der Waals surface area contributed by atoms with Crippen molar-refractivity contribution >= 4 is 10.0 Å². The SMILES string of the molecule is O=S(=O)(c1cccc(CN2CC3CC2CN3)c1)N(Cc1ccccc1)Cc1ccccc1. The van der Waals surface area contributed by atoms with E-state index in [1.807, 2.05) is 78.9 Å². The van der Waals surface area contributed by atoms with Crippen LogP contribution in [0.1, 0.15) is 23.1 Å². The largest absolute Gasteiger partial charge is 0.311 e. The Bertz CT molecular complexity index is 1110. The quantitative estimate of drug-likeness (QED) is 0.573. The second-order valence-corrected chi connectivity index (χ2v) is 10.8. The predicted octanol–water partition coefficient (Wildman–Crippen LogP) is 3.62. The maximum atomic E-state index is 13.8. The molecule has 5 nitrogen and oxygen atoms in total. The van der Waals surface area contributed by atoms with Gasteiger partial charge in [-0.15, -0.1) is 0 Å². The molecule has 2 atom stereocenters. The van der Waals surface area contributed by atoms with Gasteiger partial charge in [-0.05, 0) is 35.2 Å². The summed E-state index contributed by atoms with van der Waals surface area (Å²) in [6.07, 6.45) is 1.19. The van der Waals surface area contributed by atoms with Gasteiger partial charge in [-0.25, -0.2) is 8.42 Å². The van der Waals surface area contributed by atoms with E-state index in [1.165, 1.54) is 6.42 Å². The summed E-state index contributed by atoms with van der Waals surface area (Å²) in [5, 5.41) is 3.52. The average molecular weight is 448 g/mol. The van der Waals surface area contributed by atoms with E-state index >= 15 is 0 Å². The van der Waals surface area contributed by atoms with Crippen molar-refractivity contribution < 1.29 is 8.42 Å². The van der Waals surface area contributed by atoms with E-state index in [2.05, 4.69) is 10.2 Å². The highest BCUT2D eigenvalue weighted by Gasteiger charge is 2.37. The lowest BCUT2D eigenvalue weighted by Crippen LogP contribution is -2.43. The first-order valence-corrected chi connectivity index (χ1v) is 12.7. The van der Waals surface area contributed by atoms with Crippen LogP contribution in [0, 0.1) is 0 Å². The third-order valence-electron chi connectivity index (χ3n) is 6.50. The molecule has 1 N–H and O–H groups in total. The van der Waals surface area contributed by atoms with Crippen molar-refractivity contribution in [1.29, 1.82) is 0 Å². The number of nitrogens with one attached hydrogen (secondary N) is 1. The second-order valence-electron chi connectivity index (χ2n) is 8.82. The van der Waals surface area contributed by atoms with Crippen LogP contribution < -0.4 is 5.32 Å². The molecule has 0 saturated carbocycles. The first kappa shape index (κ1) is 21.3. The van der Waals surface area contributed by atoms with Crippen LogP contribution in [-0.2, 0) is 29.7 Å². The monoisotopic (exact) mass is 447 g/mol. The molecule has 2 aliphatic heterocycles. The zero-order valence-electron chi connectivity index (χ0n) is 18.1. The number of fused-ring (bicyclic) bond motifs is 2. The summed E-state index contributed by atoms with van der Waals surface area (Å²) in [6, 6.07) is 28.2. The fourth-order valence-electron chi connectivity index (χ4n) is 4.83. The molecule has 0 aromatic heterocycles. The van der Waals surface area contributed by atoms with Crippen LogP contribution >= 0.6 is 0 Å². The molecule has 2 saturated heterocycles. The molecule has 2 unspecified atom stereocenters. The van der Waals surface area contributed by atoms with Crippen molar-refractivity contribution in [3.05, 3.63) is 102 Å². The molecular weight excluding hydrogens is 418 g/mol. The number of likely N-dealkylation sites (tertiary alicyclic amines) is 1. The standard InChI is InChI=1S/C26H29N3O2S/c30-32(31,26-13-7-12-23(14-26)17-28-20-24-15-25(28)16-27-24)29(18-21-8-3-1-4-9-21)19-22-10-5-2-6-11-22/h1-14,24-25,27H,15-20H2. The zero-order valence-corrected chi connectivity index (χ0v) is 18.9. The van der Waals surface area contributed by atoms with E-state index in [4.69, 9.17) is 0 Å². The van der Waals surface area contributed by atoms with Gasteiger partial charge in [0.05, 0.1) is 4.90 Å². The van der Waals surface area contributed by atoms with Gasteiger partial charge < -0.3 is 5.32 Å². The lowest BCUT2D eigenvalue weighted by molar-refractivity contribution is 0.217. The molecule has 166 valence electrons. The van der Waals surface area contributed by atoms with Gasteiger partial charge >= 0.3 is 0 Å². The molecule has 0 aliphatic carbocycles. The van der Waals surface area contributed by atoms with Gasteiger partial charge in [0.25, 0.3) is 0 Å². The Morgan fingerprint density at radius 3 is 2.03 bits per heavy atom. The molecule has 2 aliphatic rings. The third kappa shape index (κ3) is 4.64. The van der Waals surface area contributed by atoms with Gasteiger partial charge in [0, 0.05) is 44.8 Å². The topological polar surface area (TPSA) is 52.7 Å². The lowest BCUT2D eigenvalue weighted by Gasteiger charge is -2.27. The zero-order chi connectivity index (χ0) is 22.0. The molecule has 2 fully saturated rings. The molecule has 2 heterocycles. The smallest absolute Gasteiger partial charge is 0.243 e. The molecule has 0 radical (unpaired) electrons. The number of sulfonamides is 1. The highest BCUT2D eigenvalue weighted by Crippen LogP contribution is 2.27. The van der Waals surface area contributed by atoms with Gasteiger partial charge in [0.2, 0.25) is 10.0 Å². The van der Waals surface area contributed by atoms with Crippen LogP contribution in [0.25, 0.3) is 0 Å². The van der Waals surface area contributed by atoms with Crippen molar-refractivity contribution in [2.45, 2.75) is 43.0 Å². The fourth-order valence-corrected chi connectivity index (χ4v) is 6.32. The first-order chi connectivity index (χ1) is 15.6. The van der Waals surface area contributed by atoms with E-state index < -0.39 is 10.0 Å². The molecule has 5 rings (SSSR count). The Kier molecular flexibility index (Phi) is 6.11. The van der Waals surface area contributed by atoms with Crippen molar-refractivity contribution in [3.63, 3.8) is 0 Å². The summed E-state index contributed by atoms with van der Waals surface area (Å²) < 4.78 is 29.1. The maximum Gasteiger partial charge on any atom is 0.243 e. The summed E-state index contributed by atoms with van der Waals surface area (Å²) in [7, 11) is -3.66. The van der Waals surface area contributed by atoms with E-state index in [-0.39, 0.29) is 0 Å². The van der Waals surface area contributed by atoms with Crippen LogP contribution in [-0.4, -0.2) is 42.8 Å². The summed E-state index contributed by atoms with van der Waals surface area (Å²) in [5.74, 6) is 0. The maximum absolute atomic E-state index is 13.8.